The van der Waals surface area contributed by atoms with Crippen molar-refractivity contribution in [2.45, 2.75) is 76.3 Å². The summed E-state index contributed by atoms with van der Waals surface area (Å²) in [5, 5.41) is 50.1. The Bertz CT molecular complexity index is 2020. The number of allylic oxidation sites excluding steroid dienone is 1. The standard InChI is InChI=1S/C38H43FN4O12/c1-37(2,3)55-36(52)42-22(35(51)54-16-17-9-7-6-8-10-17)11-12-24(44)41-23-15-21(39)19-13-18-14-20-28(43(4)5)31(47)27(34(40)50)33(49)38(20,53)32(48)25(18)30(46)26(19)29(23)45/h6-10,15,18,20,22,28,45,47-48,53H,11-14,16H2,1-5H3,(H2,40,50)(H,41,44)(H,42,52)/t18-,20-,22-,28-,38-/m0/s1. The minimum atomic E-state index is -2.89. The van der Waals surface area contributed by atoms with E-state index in [1.54, 1.807) is 51.1 Å². The fourth-order valence-electron chi connectivity index (χ4n) is 7.38. The average Bonchev–Trinajstić information content (AvgIpc) is 3.08. The van der Waals surface area contributed by atoms with Crippen LogP contribution < -0.4 is 16.4 Å². The molecule has 16 nitrogen and oxygen atoms in total. The number of nitrogens with zero attached hydrogens (tertiary/aromatic N) is 1. The van der Waals surface area contributed by atoms with Gasteiger partial charge in [-0.1, -0.05) is 30.3 Å². The maximum Gasteiger partial charge on any atom is 0.408 e. The summed E-state index contributed by atoms with van der Waals surface area (Å²) in [7, 11) is 2.96. The molecule has 55 heavy (non-hydrogen) atoms. The van der Waals surface area contributed by atoms with Gasteiger partial charge in [0.25, 0.3) is 5.91 Å². The van der Waals surface area contributed by atoms with Gasteiger partial charge in [-0.15, -0.1) is 0 Å². The molecule has 0 saturated carbocycles. The number of rotatable bonds is 10. The third-order valence-corrected chi connectivity index (χ3v) is 9.80. The largest absolute Gasteiger partial charge is 0.510 e. The number of ether oxygens (including phenoxy) is 2. The summed E-state index contributed by atoms with van der Waals surface area (Å²) >= 11 is 0. The number of aliphatic hydroxyl groups excluding tert-OH is 2. The van der Waals surface area contributed by atoms with Crippen LogP contribution in [-0.2, 0) is 41.7 Å². The zero-order valence-corrected chi connectivity index (χ0v) is 30.8. The highest BCUT2D eigenvalue weighted by Gasteiger charge is 2.63. The zero-order valence-electron chi connectivity index (χ0n) is 30.8. The summed E-state index contributed by atoms with van der Waals surface area (Å²) in [6.07, 6.45) is -2.30. The number of aliphatic hydroxyl groups is 3. The molecule has 294 valence electrons. The number of fused-ring (bicyclic) bond motifs is 3. The highest BCUT2D eigenvalue weighted by Crippen LogP contribution is 2.53. The number of esters is 1. The Labute approximate surface area is 314 Å². The molecular formula is C38H43FN4O12. The Morgan fingerprint density at radius 3 is 2.35 bits per heavy atom. The smallest absolute Gasteiger partial charge is 0.408 e. The van der Waals surface area contributed by atoms with Crippen LogP contribution in [0.1, 0.15) is 61.5 Å². The number of hydrogen-bond donors (Lipinski definition) is 7. The van der Waals surface area contributed by atoms with Gasteiger partial charge in [0.2, 0.25) is 11.7 Å². The van der Waals surface area contributed by atoms with Crippen LogP contribution >= 0.6 is 0 Å². The van der Waals surface area contributed by atoms with Crippen LogP contribution in [0.3, 0.4) is 0 Å². The molecule has 0 spiro atoms. The number of nitrogens with one attached hydrogen (secondary N) is 2. The first-order valence-electron chi connectivity index (χ1n) is 17.4. The second kappa shape index (κ2) is 15.1. The SMILES string of the molecule is CN(C)[C@@H]1C(O)=C(C(N)=O)C(=O)[C@@]2(O)C(O)=C3C(=O)c4c(O)c(NC(=O)CC[C@H](NC(=O)OC(C)(C)C)C(=O)OCc5ccccc5)cc(F)c4C[C@H]3C[C@@H]12. The van der Waals surface area contributed by atoms with Crippen LogP contribution in [0.5, 0.6) is 5.75 Å². The number of carbonyl (C=O) groups is 6. The molecule has 3 aliphatic carbocycles. The average molecular weight is 767 g/mol. The van der Waals surface area contributed by atoms with Gasteiger partial charge in [-0.3, -0.25) is 24.1 Å². The molecule has 5 rings (SSSR count). The fraction of sp³-hybridized carbons (Fsp3) is 0.421. The van der Waals surface area contributed by atoms with E-state index < -0.39 is 122 Å². The summed E-state index contributed by atoms with van der Waals surface area (Å²) < 4.78 is 26.4. The summed E-state index contributed by atoms with van der Waals surface area (Å²) in [5.41, 5.74) is -0.733. The van der Waals surface area contributed by atoms with Gasteiger partial charge >= 0.3 is 12.1 Å². The number of carbonyl (C=O) groups excluding carboxylic acids is 6. The predicted octanol–water partition coefficient (Wildman–Crippen LogP) is 2.62. The maximum absolute atomic E-state index is 15.8. The van der Waals surface area contributed by atoms with Crippen LogP contribution in [-0.4, -0.2) is 98.2 Å². The number of hydrogen-bond acceptors (Lipinski definition) is 13. The molecule has 8 N–H and O–H groups in total. The van der Waals surface area contributed by atoms with Crippen LogP contribution in [0, 0.1) is 17.7 Å². The highest BCUT2D eigenvalue weighted by atomic mass is 19.1. The van der Waals surface area contributed by atoms with Gasteiger partial charge < -0.3 is 46.3 Å². The van der Waals surface area contributed by atoms with Crippen LogP contribution in [0.25, 0.3) is 0 Å². The second-order valence-corrected chi connectivity index (χ2v) is 15.0. The van der Waals surface area contributed by atoms with E-state index >= 15 is 4.39 Å². The molecule has 0 fully saturated rings. The van der Waals surface area contributed by atoms with Crippen LogP contribution in [0.15, 0.2) is 59.1 Å². The summed E-state index contributed by atoms with van der Waals surface area (Å²) in [5.74, 6) is -11.8. The monoisotopic (exact) mass is 766 g/mol. The number of primary amides is 1. The van der Waals surface area contributed by atoms with Crippen LogP contribution in [0.4, 0.5) is 14.9 Å². The zero-order chi connectivity index (χ0) is 40.7. The van der Waals surface area contributed by atoms with Gasteiger partial charge in [0, 0.05) is 29.5 Å². The van der Waals surface area contributed by atoms with Crippen molar-refractivity contribution in [3.05, 3.63) is 81.6 Å². The molecule has 5 atom stereocenters. The van der Waals surface area contributed by atoms with E-state index in [0.29, 0.717) is 5.56 Å². The normalized spacial score (nSPS) is 22.7. The first kappa shape index (κ1) is 40.4. The van der Waals surface area contributed by atoms with Crippen molar-refractivity contribution in [1.82, 2.24) is 10.2 Å². The minimum absolute atomic E-state index is 0.130. The summed E-state index contributed by atoms with van der Waals surface area (Å²) in [6, 6.07) is 6.90. The van der Waals surface area contributed by atoms with Crippen molar-refractivity contribution in [3.8, 4) is 5.75 Å². The quantitative estimate of drug-likeness (QED) is 0.104. The van der Waals surface area contributed by atoms with Gasteiger partial charge in [-0.25, -0.2) is 14.0 Å². The minimum Gasteiger partial charge on any atom is -0.510 e. The molecule has 0 saturated heterocycles. The first-order valence-corrected chi connectivity index (χ1v) is 17.4. The lowest BCUT2D eigenvalue weighted by Gasteiger charge is -2.50. The third kappa shape index (κ3) is 7.75. The molecule has 0 aromatic heterocycles. The molecule has 2 aromatic carbocycles. The Kier molecular flexibility index (Phi) is 11.1. The number of phenols is 1. The number of nitrogens with two attached hydrogens (primary N) is 1. The molecule has 17 heteroatoms. The van der Waals surface area contributed by atoms with E-state index in [9.17, 15) is 49.2 Å². The molecule has 0 bridgehead atoms. The number of phenolic OH excluding ortho intramolecular Hbond substituents is 1. The molecule has 0 heterocycles. The van der Waals surface area contributed by atoms with Gasteiger partial charge in [0.15, 0.2) is 17.1 Å². The van der Waals surface area contributed by atoms with Gasteiger partial charge in [-0.2, -0.15) is 0 Å². The van der Waals surface area contributed by atoms with Crippen molar-refractivity contribution >= 4 is 41.1 Å². The third-order valence-electron chi connectivity index (χ3n) is 9.80. The Balaban J connectivity index is 1.40. The van der Waals surface area contributed by atoms with Crippen molar-refractivity contribution in [1.29, 1.82) is 0 Å². The van der Waals surface area contributed by atoms with E-state index in [1.807, 2.05) is 0 Å². The number of aromatic hydroxyl groups is 1. The number of alkyl carbamates (subject to hydrolysis) is 1. The van der Waals surface area contributed by atoms with Gasteiger partial charge in [0.1, 0.15) is 41.2 Å². The number of Topliss-reactive ketones (excluding diaryl/α,β-unsaturated/α-hetero) is 2. The highest BCUT2D eigenvalue weighted by molar-refractivity contribution is 6.25. The predicted molar refractivity (Wildman–Crippen MR) is 191 cm³/mol. The lowest BCUT2D eigenvalue weighted by molar-refractivity contribution is -0.149. The van der Waals surface area contributed by atoms with E-state index in [1.165, 1.54) is 19.0 Å². The van der Waals surface area contributed by atoms with E-state index in [2.05, 4.69) is 10.6 Å². The molecule has 3 aliphatic rings. The number of ketones is 2. The fourth-order valence-corrected chi connectivity index (χ4v) is 7.38. The number of likely N-dealkylation sites (N-methyl/N-ethyl adjacent to an activating group) is 1. The molecule has 0 radical (unpaired) electrons. The van der Waals surface area contributed by atoms with E-state index in [0.717, 1.165) is 6.07 Å². The first-order chi connectivity index (χ1) is 25.7. The lowest BCUT2D eigenvalue weighted by Crippen LogP contribution is -2.63. The number of benzene rings is 2. The summed E-state index contributed by atoms with van der Waals surface area (Å²) in [6.45, 7) is 4.71. The Hall–Kier alpha value is -5.81. The number of halogens is 1. The van der Waals surface area contributed by atoms with E-state index in [4.69, 9.17) is 15.2 Å². The second-order valence-electron chi connectivity index (χ2n) is 15.0. The van der Waals surface area contributed by atoms with Crippen molar-refractivity contribution in [2.75, 3.05) is 19.4 Å². The lowest BCUT2D eigenvalue weighted by atomic mass is 9.58. The maximum atomic E-state index is 15.8. The number of amides is 3. The summed E-state index contributed by atoms with van der Waals surface area (Å²) in [4.78, 5) is 79.8. The van der Waals surface area contributed by atoms with Crippen molar-refractivity contribution in [3.63, 3.8) is 0 Å². The number of anilines is 1. The van der Waals surface area contributed by atoms with E-state index in [-0.39, 0.29) is 31.4 Å². The Morgan fingerprint density at radius 1 is 1.09 bits per heavy atom. The Morgan fingerprint density at radius 2 is 1.75 bits per heavy atom. The molecule has 2 aromatic rings. The van der Waals surface area contributed by atoms with Gasteiger partial charge in [0.05, 0.1) is 17.3 Å². The molecule has 0 aliphatic heterocycles. The molecular weight excluding hydrogens is 723 g/mol. The van der Waals surface area contributed by atoms with Crippen LogP contribution in [0.2, 0.25) is 0 Å². The van der Waals surface area contributed by atoms with Crippen molar-refractivity contribution in [2.24, 2.45) is 17.6 Å². The van der Waals surface area contributed by atoms with Crippen molar-refractivity contribution < 1.29 is 63.1 Å². The molecule has 3 amide bonds. The van der Waals surface area contributed by atoms with Gasteiger partial charge in [-0.05, 0) is 65.6 Å². The molecule has 0 unspecified atom stereocenters. The topological polar surface area (TPSA) is 255 Å².